The molecule has 3 aromatic carbocycles. The van der Waals surface area contributed by atoms with E-state index >= 15 is 0 Å². The number of rotatable bonds is 3. The van der Waals surface area contributed by atoms with Crippen molar-refractivity contribution in [3.63, 3.8) is 0 Å². The average Bonchev–Trinajstić information content (AvgIpc) is 2.65. The van der Waals surface area contributed by atoms with Gasteiger partial charge < -0.3 is 4.74 Å². The van der Waals surface area contributed by atoms with Crippen LogP contribution in [0.2, 0.25) is 0 Å². The van der Waals surface area contributed by atoms with Crippen molar-refractivity contribution in [2.24, 2.45) is 0 Å². The van der Waals surface area contributed by atoms with E-state index in [1.807, 2.05) is 48.5 Å². The first kappa shape index (κ1) is 16.1. The lowest BCUT2D eigenvalue weighted by molar-refractivity contribution is 0.0742. The molecule has 1 nitrogen and oxygen atoms in total. The lowest BCUT2D eigenvalue weighted by Gasteiger charge is -2.28. The molecular formula is C23H20O. The third kappa shape index (κ3) is 3.25. The fourth-order valence-electron chi connectivity index (χ4n) is 2.74. The predicted molar refractivity (Wildman–Crippen MR) is 98.7 cm³/mol. The summed E-state index contributed by atoms with van der Waals surface area (Å²) in [6.07, 6.45) is 0. The van der Waals surface area contributed by atoms with Gasteiger partial charge in [0.15, 0.2) is 5.60 Å². The summed E-state index contributed by atoms with van der Waals surface area (Å²) in [5.74, 6) is 6.65. The second-order valence-electron chi connectivity index (χ2n) is 5.73. The molecule has 0 radical (unpaired) electrons. The van der Waals surface area contributed by atoms with Gasteiger partial charge in [-0.2, -0.15) is 0 Å². The van der Waals surface area contributed by atoms with Crippen LogP contribution in [-0.4, -0.2) is 7.11 Å². The van der Waals surface area contributed by atoms with Crippen LogP contribution >= 0.6 is 0 Å². The molecule has 0 bridgehead atoms. The summed E-state index contributed by atoms with van der Waals surface area (Å²) in [4.78, 5) is 0. The van der Waals surface area contributed by atoms with Gasteiger partial charge in [0, 0.05) is 23.8 Å². The number of hydrogen-bond donors (Lipinski definition) is 0. The first-order valence-electron chi connectivity index (χ1n) is 8.01. The van der Waals surface area contributed by atoms with E-state index in [1.54, 1.807) is 7.11 Å². The van der Waals surface area contributed by atoms with Crippen LogP contribution in [-0.2, 0) is 10.3 Å². The molecule has 0 N–H and O–H groups in total. The van der Waals surface area contributed by atoms with Gasteiger partial charge in [-0.1, -0.05) is 90.2 Å². The van der Waals surface area contributed by atoms with Crippen LogP contribution < -0.4 is 0 Å². The standard InChI is InChI=1S/C23H20O/c1-19-13-15-22(16-14-19)23(24-2,21-11-7-4-8-12-21)18-17-20-9-5-3-6-10-20/h3-16H,1-2H3. The minimum Gasteiger partial charge on any atom is -0.357 e. The van der Waals surface area contributed by atoms with E-state index in [0.29, 0.717) is 0 Å². The molecule has 0 aromatic heterocycles. The first-order valence-corrected chi connectivity index (χ1v) is 8.01. The van der Waals surface area contributed by atoms with Gasteiger partial charge in [0.05, 0.1) is 0 Å². The zero-order valence-electron chi connectivity index (χ0n) is 14.0. The number of aryl methyl sites for hydroxylation is 1. The molecule has 0 saturated carbocycles. The molecule has 0 aliphatic heterocycles. The normalized spacial score (nSPS) is 12.8. The number of methoxy groups -OCH3 is 1. The van der Waals surface area contributed by atoms with E-state index in [-0.39, 0.29) is 0 Å². The van der Waals surface area contributed by atoms with Crippen molar-refractivity contribution in [3.8, 4) is 11.8 Å². The molecule has 1 atom stereocenters. The Morgan fingerprint density at radius 3 is 1.83 bits per heavy atom. The summed E-state index contributed by atoms with van der Waals surface area (Å²) < 4.78 is 6.00. The van der Waals surface area contributed by atoms with Crippen LogP contribution in [0.4, 0.5) is 0 Å². The molecule has 0 spiro atoms. The summed E-state index contributed by atoms with van der Waals surface area (Å²) in [6.45, 7) is 2.08. The molecule has 0 heterocycles. The number of hydrogen-bond acceptors (Lipinski definition) is 1. The van der Waals surface area contributed by atoms with Gasteiger partial charge in [-0.05, 0) is 19.1 Å². The van der Waals surface area contributed by atoms with Crippen molar-refractivity contribution in [1.29, 1.82) is 0 Å². The lowest BCUT2D eigenvalue weighted by atomic mass is 9.86. The van der Waals surface area contributed by atoms with Gasteiger partial charge in [-0.15, -0.1) is 0 Å². The monoisotopic (exact) mass is 312 g/mol. The molecule has 3 rings (SSSR count). The van der Waals surface area contributed by atoms with Crippen molar-refractivity contribution in [3.05, 3.63) is 107 Å². The predicted octanol–water partition coefficient (Wildman–Crippen LogP) is 4.94. The van der Waals surface area contributed by atoms with Gasteiger partial charge in [0.25, 0.3) is 0 Å². The zero-order valence-corrected chi connectivity index (χ0v) is 14.0. The van der Waals surface area contributed by atoms with Gasteiger partial charge in [0.2, 0.25) is 0 Å². The molecule has 1 unspecified atom stereocenters. The lowest BCUT2D eigenvalue weighted by Crippen LogP contribution is -2.28. The third-order valence-corrected chi connectivity index (χ3v) is 4.10. The average molecular weight is 312 g/mol. The Kier molecular flexibility index (Phi) is 4.79. The maximum Gasteiger partial charge on any atom is 0.179 e. The van der Waals surface area contributed by atoms with E-state index in [0.717, 1.165) is 16.7 Å². The van der Waals surface area contributed by atoms with Crippen molar-refractivity contribution < 1.29 is 4.74 Å². The van der Waals surface area contributed by atoms with E-state index in [9.17, 15) is 0 Å². The topological polar surface area (TPSA) is 9.23 Å². The highest BCUT2D eigenvalue weighted by atomic mass is 16.5. The van der Waals surface area contributed by atoms with Crippen LogP contribution in [0.15, 0.2) is 84.9 Å². The molecule has 0 aliphatic rings. The quantitative estimate of drug-likeness (QED) is 0.623. The van der Waals surface area contributed by atoms with Gasteiger partial charge >= 0.3 is 0 Å². The Morgan fingerprint density at radius 2 is 1.25 bits per heavy atom. The van der Waals surface area contributed by atoms with Crippen molar-refractivity contribution in [1.82, 2.24) is 0 Å². The molecular weight excluding hydrogens is 292 g/mol. The van der Waals surface area contributed by atoms with Crippen LogP contribution in [0.3, 0.4) is 0 Å². The minimum atomic E-state index is -0.787. The van der Waals surface area contributed by atoms with Crippen LogP contribution in [0.5, 0.6) is 0 Å². The van der Waals surface area contributed by atoms with Crippen molar-refractivity contribution in [2.75, 3.05) is 7.11 Å². The van der Waals surface area contributed by atoms with Crippen molar-refractivity contribution >= 4 is 0 Å². The summed E-state index contributed by atoms with van der Waals surface area (Å²) in [5, 5.41) is 0. The van der Waals surface area contributed by atoms with Crippen LogP contribution in [0.25, 0.3) is 0 Å². The Bertz CT molecular complexity index is 839. The van der Waals surface area contributed by atoms with Crippen LogP contribution in [0, 0.1) is 18.8 Å². The molecule has 0 fully saturated rings. The molecule has 3 aromatic rings. The second kappa shape index (κ2) is 7.17. The van der Waals surface area contributed by atoms with Gasteiger partial charge in [-0.25, -0.2) is 0 Å². The molecule has 0 aliphatic carbocycles. The summed E-state index contributed by atoms with van der Waals surface area (Å²) >= 11 is 0. The maximum atomic E-state index is 6.00. The smallest absolute Gasteiger partial charge is 0.179 e. The molecule has 0 saturated heterocycles. The summed E-state index contributed by atoms with van der Waals surface area (Å²) in [6, 6.07) is 28.5. The first-order chi connectivity index (χ1) is 11.7. The highest BCUT2D eigenvalue weighted by molar-refractivity contribution is 5.48. The highest BCUT2D eigenvalue weighted by Crippen LogP contribution is 2.33. The van der Waals surface area contributed by atoms with E-state index in [2.05, 4.69) is 55.2 Å². The van der Waals surface area contributed by atoms with Crippen LogP contribution in [0.1, 0.15) is 22.3 Å². The van der Waals surface area contributed by atoms with E-state index in [1.165, 1.54) is 5.56 Å². The fourth-order valence-corrected chi connectivity index (χ4v) is 2.74. The SMILES string of the molecule is COC(C#Cc1ccccc1)(c1ccccc1)c1ccc(C)cc1. The zero-order chi connectivity index (χ0) is 16.8. The minimum absolute atomic E-state index is 0.787. The second-order valence-corrected chi connectivity index (χ2v) is 5.73. The largest absolute Gasteiger partial charge is 0.357 e. The Balaban J connectivity index is 2.17. The number of ether oxygens (including phenoxy) is 1. The van der Waals surface area contributed by atoms with Gasteiger partial charge in [0.1, 0.15) is 0 Å². The van der Waals surface area contributed by atoms with E-state index in [4.69, 9.17) is 4.74 Å². The Labute approximate surface area is 143 Å². The maximum absolute atomic E-state index is 6.00. The summed E-state index contributed by atoms with van der Waals surface area (Å²) in [5.41, 5.74) is 3.46. The van der Waals surface area contributed by atoms with E-state index < -0.39 is 5.60 Å². The highest BCUT2D eigenvalue weighted by Gasteiger charge is 2.32. The third-order valence-electron chi connectivity index (χ3n) is 4.10. The molecule has 118 valence electrons. The van der Waals surface area contributed by atoms with Gasteiger partial charge in [-0.3, -0.25) is 0 Å². The molecule has 0 amide bonds. The Morgan fingerprint density at radius 1 is 0.708 bits per heavy atom. The summed E-state index contributed by atoms with van der Waals surface area (Å²) in [7, 11) is 1.71. The Hall–Kier alpha value is -2.82. The fraction of sp³-hybridized carbons (Fsp3) is 0.130. The van der Waals surface area contributed by atoms with Crippen molar-refractivity contribution in [2.45, 2.75) is 12.5 Å². The molecule has 1 heteroatoms. The number of benzene rings is 3. The molecule has 24 heavy (non-hydrogen) atoms.